The molecular formula is C20H15N3O2S2. The third-order valence-electron chi connectivity index (χ3n) is 3.90. The molecule has 0 aliphatic rings. The summed E-state index contributed by atoms with van der Waals surface area (Å²) in [6.07, 6.45) is 1.78. The number of carbonyl (C=O) groups excluding carboxylic acids is 1. The first kappa shape index (κ1) is 17.4. The number of rotatable bonds is 5. The summed E-state index contributed by atoms with van der Waals surface area (Å²) >= 11 is 3.02. The quantitative estimate of drug-likeness (QED) is 0.506. The molecule has 0 atom stereocenters. The fourth-order valence-electron chi connectivity index (χ4n) is 2.50. The molecule has 2 aromatic carbocycles. The summed E-state index contributed by atoms with van der Waals surface area (Å²) in [5, 5.41) is 8.33. The Hall–Kier alpha value is -3.03. The van der Waals surface area contributed by atoms with Gasteiger partial charge in [0.15, 0.2) is 0 Å². The monoisotopic (exact) mass is 393 g/mol. The van der Waals surface area contributed by atoms with Gasteiger partial charge in [-0.15, -0.1) is 22.7 Å². The van der Waals surface area contributed by atoms with E-state index < -0.39 is 0 Å². The van der Waals surface area contributed by atoms with Gasteiger partial charge in [-0.05, 0) is 48.5 Å². The lowest BCUT2D eigenvalue weighted by Gasteiger charge is -2.04. The Morgan fingerprint density at radius 1 is 0.963 bits per heavy atom. The van der Waals surface area contributed by atoms with Crippen LogP contribution in [0.15, 0.2) is 65.5 Å². The molecule has 2 heterocycles. The molecule has 2 aromatic heterocycles. The van der Waals surface area contributed by atoms with E-state index in [1.807, 2.05) is 53.9 Å². The van der Waals surface area contributed by atoms with E-state index in [9.17, 15) is 4.79 Å². The minimum Gasteiger partial charge on any atom is -0.497 e. The minimum atomic E-state index is -0.229. The van der Waals surface area contributed by atoms with Gasteiger partial charge in [0, 0.05) is 33.8 Å². The molecule has 0 aliphatic carbocycles. The van der Waals surface area contributed by atoms with Crippen molar-refractivity contribution in [3.05, 3.63) is 71.2 Å². The summed E-state index contributed by atoms with van der Waals surface area (Å²) in [4.78, 5) is 21.2. The van der Waals surface area contributed by atoms with Crippen LogP contribution in [0.4, 0.5) is 5.69 Å². The van der Waals surface area contributed by atoms with Crippen LogP contribution < -0.4 is 10.1 Å². The number of carbonyl (C=O) groups is 1. The van der Waals surface area contributed by atoms with E-state index in [4.69, 9.17) is 4.74 Å². The Kier molecular flexibility index (Phi) is 4.95. The lowest BCUT2D eigenvalue weighted by molar-refractivity contribution is 0.102. The standard InChI is InChI=1S/C20H15N3O2S2/c1-25-16-8-4-14(5-9-16)20-23-17(12-27-20)18(24)22-15-6-2-13(3-7-15)19-21-10-11-26-19/h2-12H,1H3,(H,22,24). The van der Waals surface area contributed by atoms with Crippen molar-refractivity contribution >= 4 is 34.3 Å². The lowest BCUT2D eigenvalue weighted by atomic mass is 10.2. The maximum Gasteiger partial charge on any atom is 0.275 e. The highest BCUT2D eigenvalue weighted by atomic mass is 32.1. The predicted octanol–water partition coefficient (Wildman–Crippen LogP) is 5.19. The molecule has 27 heavy (non-hydrogen) atoms. The highest BCUT2D eigenvalue weighted by Crippen LogP contribution is 2.27. The summed E-state index contributed by atoms with van der Waals surface area (Å²) in [5.41, 5.74) is 3.10. The molecule has 0 unspecified atom stereocenters. The van der Waals surface area contributed by atoms with Gasteiger partial charge in [-0.2, -0.15) is 0 Å². The number of benzene rings is 2. The number of nitrogens with one attached hydrogen (secondary N) is 1. The number of ether oxygens (including phenoxy) is 1. The second kappa shape index (κ2) is 7.69. The summed E-state index contributed by atoms with van der Waals surface area (Å²) in [6.45, 7) is 0. The lowest BCUT2D eigenvalue weighted by Crippen LogP contribution is -2.12. The van der Waals surface area contributed by atoms with E-state index in [0.717, 1.165) is 32.6 Å². The summed E-state index contributed by atoms with van der Waals surface area (Å²) in [7, 11) is 1.63. The van der Waals surface area contributed by atoms with E-state index in [2.05, 4.69) is 15.3 Å². The van der Waals surface area contributed by atoms with Crippen molar-refractivity contribution in [3.8, 4) is 26.9 Å². The highest BCUT2D eigenvalue weighted by Gasteiger charge is 2.12. The van der Waals surface area contributed by atoms with E-state index in [1.165, 1.54) is 11.3 Å². The van der Waals surface area contributed by atoms with Gasteiger partial charge in [-0.1, -0.05) is 0 Å². The molecule has 0 radical (unpaired) electrons. The van der Waals surface area contributed by atoms with Crippen LogP contribution in [0.2, 0.25) is 0 Å². The van der Waals surface area contributed by atoms with Crippen LogP contribution in [-0.4, -0.2) is 23.0 Å². The van der Waals surface area contributed by atoms with E-state index in [1.54, 1.807) is 30.0 Å². The zero-order valence-corrected chi connectivity index (χ0v) is 16.0. The van der Waals surface area contributed by atoms with E-state index in [0.29, 0.717) is 5.69 Å². The maximum absolute atomic E-state index is 12.5. The van der Waals surface area contributed by atoms with Crippen LogP contribution in [0.1, 0.15) is 10.5 Å². The van der Waals surface area contributed by atoms with Gasteiger partial charge in [-0.3, -0.25) is 4.79 Å². The maximum atomic E-state index is 12.5. The van der Waals surface area contributed by atoms with Gasteiger partial charge < -0.3 is 10.1 Å². The van der Waals surface area contributed by atoms with Crippen molar-refractivity contribution in [1.82, 2.24) is 9.97 Å². The van der Waals surface area contributed by atoms with Crippen LogP contribution in [0.25, 0.3) is 21.1 Å². The van der Waals surface area contributed by atoms with Crippen molar-refractivity contribution in [2.24, 2.45) is 0 Å². The van der Waals surface area contributed by atoms with Crippen LogP contribution in [0.3, 0.4) is 0 Å². The number of hydrogen-bond donors (Lipinski definition) is 1. The molecule has 4 aromatic rings. The molecule has 5 nitrogen and oxygen atoms in total. The average molecular weight is 393 g/mol. The Morgan fingerprint density at radius 3 is 2.33 bits per heavy atom. The summed E-state index contributed by atoms with van der Waals surface area (Å²) < 4.78 is 5.16. The number of nitrogens with zero attached hydrogens (tertiary/aromatic N) is 2. The topological polar surface area (TPSA) is 64.1 Å². The molecule has 0 fully saturated rings. The molecule has 1 amide bonds. The smallest absolute Gasteiger partial charge is 0.275 e. The molecular weight excluding hydrogens is 378 g/mol. The first-order chi connectivity index (χ1) is 13.2. The zero-order chi connectivity index (χ0) is 18.6. The van der Waals surface area contributed by atoms with Crippen molar-refractivity contribution < 1.29 is 9.53 Å². The second-order valence-electron chi connectivity index (χ2n) is 5.64. The number of thiazole rings is 2. The van der Waals surface area contributed by atoms with E-state index in [-0.39, 0.29) is 5.91 Å². The molecule has 0 saturated heterocycles. The molecule has 0 bridgehead atoms. The van der Waals surface area contributed by atoms with Gasteiger partial charge in [0.2, 0.25) is 0 Å². The highest BCUT2D eigenvalue weighted by molar-refractivity contribution is 7.13. The molecule has 7 heteroatoms. The first-order valence-electron chi connectivity index (χ1n) is 8.14. The van der Waals surface area contributed by atoms with Gasteiger partial charge in [0.05, 0.1) is 7.11 Å². The fraction of sp³-hybridized carbons (Fsp3) is 0.0500. The Morgan fingerprint density at radius 2 is 1.67 bits per heavy atom. The summed E-state index contributed by atoms with van der Waals surface area (Å²) in [6, 6.07) is 15.2. The molecule has 0 spiro atoms. The number of anilines is 1. The van der Waals surface area contributed by atoms with Crippen molar-refractivity contribution in [1.29, 1.82) is 0 Å². The second-order valence-corrected chi connectivity index (χ2v) is 7.39. The molecule has 134 valence electrons. The number of aromatic nitrogens is 2. The van der Waals surface area contributed by atoms with Crippen LogP contribution in [0.5, 0.6) is 5.75 Å². The largest absolute Gasteiger partial charge is 0.497 e. The van der Waals surface area contributed by atoms with Gasteiger partial charge in [0.25, 0.3) is 5.91 Å². The van der Waals surface area contributed by atoms with Crippen LogP contribution in [0, 0.1) is 0 Å². The number of hydrogen-bond acceptors (Lipinski definition) is 6. The normalized spacial score (nSPS) is 10.6. The fourth-order valence-corrected chi connectivity index (χ4v) is 3.95. The molecule has 0 aliphatic heterocycles. The van der Waals surface area contributed by atoms with Gasteiger partial charge in [0.1, 0.15) is 21.5 Å². The van der Waals surface area contributed by atoms with Gasteiger partial charge >= 0.3 is 0 Å². The molecule has 4 rings (SSSR count). The van der Waals surface area contributed by atoms with Crippen LogP contribution in [-0.2, 0) is 0 Å². The Balaban J connectivity index is 1.46. The summed E-state index contributed by atoms with van der Waals surface area (Å²) in [5.74, 6) is 0.558. The molecule has 0 saturated carbocycles. The Labute approximate surface area is 164 Å². The number of amides is 1. The minimum absolute atomic E-state index is 0.229. The SMILES string of the molecule is COc1ccc(-c2nc(C(=O)Nc3ccc(-c4nccs4)cc3)cs2)cc1. The third-order valence-corrected chi connectivity index (χ3v) is 5.61. The molecule has 1 N–H and O–H groups in total. The first-order valence-corrected chi connectivity index (χ1v) is 9.90. The van der Waals surface area contributed by atoms with Crippen molar-refractivity contribution in [2.45, 2.75) is 0 Å². The average Bonchev–Trinajstić information content (AvgIpc) is 3.41. The van der Waals surface area contributed by atoms with Crippen LogP contribution >= 0.6 is 22.7 Å². The zero-order valence-electron chi connectivity index (χ0n) is 14.4. The Bertz CT molecular complexity index is 1040. The predicted molar refractivity (Wildman–Crippen MR) is 110 cm³/mol. The third kappa shape index (κ3) is 3.89. The van der Waals surface area contributed by atoms with Crippen molar-refractivity contribution in [3.63, 3.8) is 0 Å². The van der Waals surface area contributed by atoms with Crippen molar-refractivity contribution in [2.75, 3.05) is 12.4 Å². The van der Waals surface area contributed by atoms with E-state index >= 15 is 0 Å². The number of methoxy groups -OCH3 is 1. The van der Waals surface area contributed by atoms with Gasteiger partial charge in [-0.25, -0.2) is 9.97 Å².